The molecule has 2 heterocycles. The molecule has 8 nitrogen and oxygen atoms in total. The van der Waals surface area contributed by atoms with Crippen LogP contribution >= 0.6 is 0 Å². The molecule has 0 saturated heterocycles. The topological polar surface area (TPSA) is 108 Å². The number of nitrogens with one attached hydrogen (secondary N) is 4. The Hall–Kier alpha value is -2.64. The summed E-state index contributed by atoms with van der Waals surface area (Å²) in [7, 11) is 1.85. The summed E-state index contributed by atoms with van der Waals surface area (Å²) in [5.41, 5.74) is 1.75. The molecule has 0 unspecified atom stereocenters. The van der Waals surface area contributed by atoms with E-state index >= 15 is 0 Å². The van der Waals surface area contributed by atoms with Crippen molar-refractivity contribution in [3.05, 3.63) is 18.5 Å². The first-order valence-electron chi connectivity index (χ1n) is 9.34. The Balaban J connectivity index is 1.33. The van der Waals surface area contributed by atoms with E-state index in [2.05, 4.69) is 36.1 Å². The predicted octanol–water partition coefficient (Wildman–Crippen LogP) is 2.16. The van der Waals surface area contributed by atoms with Crippen LogP contribution in [0, 0.1) is 5.92 Å². The summed E-state index contributed by atoms with van der Waals surface area (Å²) in [6, 6.07) is 2.53. The average Bonchev–Trinajstić information content (AvgIpc) is 3.41. The van der Waals surface area contributed by atoms with E-state index in [1.54, 1.807) is 12.4 Å². The summed E-state index contributed by atoms with van der Waals surface area (Å²) >= 11 is 0. The van der Waals surface area contributed by atoms with E-state index in [0.717, 1.165) is 55.6 Å². The van der Waals surface area contributed by atoms with Crippen molar-refractivity contribution >= 4 is 17.7 Å². The monoisotopic (exact) mass is 355 g/mol. The number of carbonyl (C=O) groups excluding carboxylic acids is 1. The fourth-order valence-electron chi connectivity index (χ4n) is 3.48. The molecule has 0 bridgehead atoms. The van der Waals surface area contributed by atoms with E-state index in [-0.39, 0.29) is 11.8 Å². The van der Waals surface area contributed by atoms with Gasteiger partial charge < -0.3 is 16.0 Å². The van der Waals surface area contributed by atoms with Gasteiger partial charge in [0, 0.05) is 31.2 Å². The van der Waals surface area contributed by atoms with E-state index in [1.165, 1.54) is 0 Å². The van der Waals surface area contributed by atoms with Crippen molar-refractivity contribution in [3.63, 3.8) is 0 Å². The first kappa shape index (κ1) is 16.8. The van der Waals surface area contributed by atoms with Crippen molar-refractivity contribution in [3.8, 4) is 11.3 Å². The van der Waals surface area contributed by atoms with Crippen LogP contribution in [0.25, 0.3) is 11.3 Å². The van der Waals surface area contributed by atoms with Gasteiger partial charge in [-0.25, -0.2) is 9.97 Å². The number of anilines is 2. The standard InChI is InChI=1S/C18H25N7O/c1-19-16-14(10-21-25-16)15-8-9-20-18(24-15)23-13-6-4-12(5-7-13)22-17(26)11-2-3-11/h8-13H,2-7H2,1H3,(H,22,26)(H2,19,21,25)(H,20,23,24). The van der Waals surface area contributed by atoms with Gasteiger partial charge in [0.2, 0.25) is 11.9 Å². The van der Waals surface area contributed by atoms with Crippen LogP contribution < -0.4 is 16.0 Å². The van der Waals surface area contributed by atoms with Gasteiger partial charge in [-0.15, -0.1) is 0 Å². The van der Waals surface area contributed by atoms with Crippen molar-refractivity contribution in [2.24, 2.45) is 5.92 Å². The third kappa shape index (κ3) is 3.79. The molecule has 0 aliphatic heterocycles. The zero-order valence-electron chi connectivity index (χ0n) is 15.0. The lowest BCUT2D eigenvalue weighted by molar-refractivity contribution is -0.123. The van der Waals surface area contributed by atoms with E-state index in [9.17, 15) is 4.79 Å². The third-order valence-corrected chi connectivity index (χ3v) is 5.18. The maximum Gasteiger partial charge on any atom is 0.223 e. The summed E-state index contributed by atoms with van der Waals surface area (Å²) < 4.78 is 0. The van der Waals surface area contributed by atoms with Crippen LogP contribution in [0.2, 0.25) is 0 Å². The van der Waals surface area contributed by atoms with E-state index in [4.69, 9.17) is 0 Å². The first-order valence-corrected chi connectivity index (χ1v) is 9.34. The molecule has 2 saturated carbocycles. The highest BCUT2D eigenvalue weighted by Gasteiger charge is 2.32. The highest BCUT2D eigenvalue weighted by molar-refractivity contribution is 5.81. The number of rotatable bonds is 6. The van der Waals surface area contributed by atoms with E-state index in [1.807, 2.05) is 13.1 Å². The molecular weight excluding hydrogens is 330 g/mol. The van der Waals surface area contributed by atoms with Crippen LogP contribution in [0.5, 0.6) is 0 Å². The molecule has 2 aliphatic carbocycles. The summed E-state index contributed by atoms with van der Waals surface area (Å²) in [5, 5.41) is 16.7. The van der Waals surface area contributed by atoms with Crippen LogP contribution in [0.1, 0.15) is 38.5 Å². The molecule has 8 heteroatoms. The maximum atomic E-state index is 11.9. The number of hydrogen-bond donors (Lipinski definition) is 4. The van der Waals surface area contributed by atoms with Crippen LogP contribution in [0.4, 0.5) is 11.8 Å². The summed E-state index contributed by atoms with van der Waals surface area (Å²) in [6.07, 6.45) is 9.66. The van der Waals surface area contributed by atoms with Gasteiger partial charge in [-0.05, 0) is 44.6 Å². The molecule has 4 rings (SSSR count). The van der Waals surface area contributed by atoms with Gasteiger partial charge in [0.25, 0.3) is 0 Å². The molecule has 0 atom stereocenters. The molecule has 2 aromatic rings. The third-order valence-electron chi connectivity index (χ3n) is 5.18. The van der Waals surface area contributed by atoms with Crippen molar-refractivity contribution in [2.45, 2.75) is 50.6 Å². The zero-order chi connectivity index (χ0) is 17.9. The molecule has 138 valence electrons. The minimum atomic E-state index is 0.248. The molecule has 2 fully saturated rings. The predicted molar refractivity (Wildman–Crippen MR) is 99.7 cm³/mol. The van der Waals surface area contributed by atoms with Gasteiger partial charge in [0.15, 0.2) is 0 Å². The van der Waals surface area contributed by atoms with Crippen molar-refractivity contribution in [2.75, 3.05) is 17.7 Å². The molecule has 26 heavy (non-hydrogen) atoms. The largest absolute Gasteiger partial charge is 0.373 e. The Kier molecular flexibility index (Phi) is 4.73. The summed E-state index contributed by atoms with van der Waals surface area (Å²) in [5.74, 6) is 2.00. The number of nitrogens with zero attached hydrogens (tertiary/aromatic N) is 3. The van der Waals surface area contributed by atoms with Gasteiger partial charge >= 0.3 is 0 Å². The number of carbonyl (C=O) groups is 1. The second kappa shape index (κ2) is 7.31. The van der Waals surface area contributed by atoms with Gasteiger partial charge in [-0.1, -0.05) is 0 Å². The van der Waals surface area contributed by atoms with E-state index in [0.29, 0.717) is 18.0 Å². The van der Waals surface area contributed by atoms with Crippen LogP contribution in [-0.2, 0) is 4.79 Å². The Bertz CT molecular complexity index is 762. The Morgan fingerprint density at radius 1 is 1.15 bits per heavy atom. The second-order valence-electron chi connectivity index (χ2n) is 7.15. The molecule has 2 aromatic heterocycles. The first-order chi connectivity index (χ1) is 12.7. The maximum absolute atomic E-state index is 11.9. The minimum Gasteiger partial charge on any atom is -0.373 e. The van der Waals surface area contributed by atoms with Gasteiger partial charge in [-0.2, -0.15) is 5.10 Å². The van der Waals surface area contributed by atoms with Crippen LogP contribution in [0.3, 0.4) is 0 Å². The van der Waals surface area contributed by atoms with Crippen molar-refractivity contribution < 1.29 is 4.79 Å². The number of amides is 1. The number of aromatic amines is 1. The minimum absolute atomic E-state index is 0.248. The fourth-order valence-corrected chi connectivity index (χ4v) is 3.48. The van der Waals surface area contributed by atoms with Crippen LogP contribution in [-0.4, -0.2) is 45.2 Å². The molecule has 0 radical (unpaired) electrons. The van der Waals surface area contributed by atoms with Crippen molar-refractivity contribution in [1.82, 2.24) is 25.5 Å². The summed E-state index contributed by atoms with van der Waals surface area (Å²) in [6.45, 7) is 0. The molecule has 1 amide bonds. The number of hydrogen-bond acceptors (Lipinski definition) is 6. The van der Waals surface area contributed by atoms with Gasteiger partial charge in [0.05, 0.1) is 17.5 Å². The van der Waals surface area contributed by atoms with E-state index < -0.39 is 0 Å². The fraction of sp³-hybridized carbons (Fsp3) is 0.556. The number of H-pyrrole nitrogens is 1. The molecule has 4 N–H and O–H groups in total. The van der Waals surface area contributed by atoms with Crippen molar-refractivity contribution in [1.29, 1.82) is 0 Å². The molecule has 0 spiro atoms. The smallest absolute Gasteiger partial charge is 0.223 e. The van der Waals surface area contributed by atoms with Crippen LogP contribution in [0.15, 0.2) is 18.5 Å². The Labute approximate surface area is 152 Å². The highest BCUT2D eigenvalue weighted by Crippen LogP contribution is 2.30. The lowest BCUT2D eigenvalue weighted by atomic mass is 9.91. The molecular formula is C18H25N7O. The number of aromatic nitrogens is 4. The Morgan fingerprint density at radius 3 is 2.65 bits per heavy atom. The summed E-state index contributed by atoms with van der Waals surface area (Å²) in [4.78, 5) is 20.9. The van der Waals surface area contributed by atoms with Gasteiger partial charge in [-0.3, -0.25) is 9.89 Å². The van der Waals surface area contributed by atoms with Gasteiger partial charge in [0.1, 0.15) is 5.82 Å². The normalized spacial score (nSPS) is 22.7. The molecule has 2 aliphatic rings. The lowest BCUT2D eigenvalue weighted by Gasteiger charge is -2.29. The SMILES string of the molecule is CNc1[nH]ncc1-c1ccnc(NC2CCC(NC(=O)C3CC3)CC2)n1. The average molecular weight is 355 g/mol. The highest BCUT2D eigenvalue weighted by atomic mass is 16.2. The second-order valence-corrected chi connectivity index (χ2v) is 7.15. The lowest BCUT2D eigenvalue weighted by Crippen LogP contribution is -2.40. The quantitative estimate of drug-likeness (QED) is 0.632. The molecule has 0 aromatic carbocycles. The zero-order valence-corrected chi connectivity index (χ0v) is 15.0. The Morgan fingerprint density at radius 2 is 1.92 bits per heavy atom.